The van der Waals surface area contributed by atoms with Crippen molar-refractivity contribution in [3.63, 3.8) is 0 Å². The van der Waals surface area contributed by atoms with Crippen molar-refractivity contribution in [2.45, 2.75) is 18.9 Å². The van der Waals surface area contributed by atoms with Crippen LogP contribution in [-0.2, 0) is 6.42 Å². The van der Waals surface area contributed by atoms with E-state index in [1.54, 1.807) is 0 Å². The van der Waals surface area contributed by atoms with Crippen molar-refractivity contribution in [2.24, 2.45) is 5.73 Å². The van der Waals surface area contributed by atoms with Gasteiger partial charge in [0.25, 0.3) is 0 Å². The molecule has 1 unspecified atom stereocenters. The van der Waals surface area contributed by atoms with Crippen LogP contribution in [0, 0.1) is 0 Å². The minimum absolute atomic E-state index is 0.0700. The minimum Gasteiger partial charge on any atom is -0.493 e. The SMILES string of the molecule is NC(CCOc1cccc(Br)c1)Cc1cccc(Cl)c1. The predicted octanol–water partition coefficient (Wildman–Crippen LogP) is 4.44. The number of hydrogen-bond acceptors (Lipinski definition) is 2. The molecule has 0 saturated heterocycles. The van der Waals surface area contributed by atoms with E-state index in [2.05, 4.69) is 15.9 Å². The standard InChI is InChI=1S/C16H17BrClNO/c17-13-4-2-6-16(11-13)20-8-7-15(19)10-12-3-1-5-14(18)9-12/h1-6,9,11,15H,7-8,10,19H2. The van der Waals surface area contributed by atoms with Crippen LogP contribution in [-0.4, -0.2) is 12.6 Å². The zero-order valence-electron chi connectivity index (χ0n) is 11.1. The molecular weight excluding hydrogens is 338 g/mol. The summed E-state index contributed by atoms with van der Waals surface area (Å²) in [5.74, 6) is 0.856. The van der Waals surface area contributed by atoms with Crippen LogP contribution >= 0.6 is 27.5 Å². The van der Waals surface area contributed by atoms with Crippen molar-refractivity contribution in [2.75, 3.05) is 6.61 Å². The van der Waals surface area contributed by atoms with Crippen molar-refractivity contribution in [1.82, 2.24) is 0 Å². The van der Waals surface area contributed by atoms with Crippen LogP contribution in [0.4, 0.5) is 0 Å². The van der Waals surface area contributed by atoms with Gasteiger partial charge in [-0.2, -0.15) is 0 Å². The van der Waals surface area contributed by atoms with Crippen LogP contribution in [0.2, 0.25) is 5.02 Å². The van der Waals surface area contributed by atoms with E-state index in [1.807, 2.05) is 48.5 Å². The van der Waals surface area contributed by atoms with Crippen molar-refractivity contribution in [3.8, 4) is 5.75 Å². The third-order valence-electron chi connectivity index (χ3n) is 2.94. The average molecular weight is 355 g/mol. The van der Waals surface area contributed by atoms with Gasteiger partial charge in [-0.3, -0.25) is 0 Å². The lowest BCUT2D eigenvalue weighted by Crippen LogP contribution is -2.25. The Balaban J connectivity index is 1.76. The van der Waals surface area contributed by atoms with E-state index in [0.717, 1.165) is 33.6 Å². The molecule has 0 amide bonds. The largest absolute Gasteiger partial charge is 0.493 e. The maximum absolute atomic E-state index is 6.12. The summed E-state index contributed by atoms with van der Waals surface area (Å²) >= 11 is 9.37. The summed E-state index contributed by atoms with van der Waals surface area (Å²) in [5, 5.41) is 0.750. The summed E-state index contributed by atoms with van der Waals surface area (Å²) in [7, 11) is 0. The Morgan fingerprint density at radius 3 is 2.70 bits per heavy atom. The predicted molar refractivity (Wildman–Crippen MR) is 87.4 cm³/mol. The molecule has 4 heteroatoms. The molecule has 0 aliphatic heterocycles. The average Bonchev–Trinajstić information content (AvgIpc) is 2.38. The molecule has 0 aliphatic carbocycles. The quantitative estimate of drug-likeness (QED) is 0.832. The summed E-state index contributed by atoms with van der Waals surface area (Å²) in [5.41, 5.74) is 7.28. The second kappa shape index (κ2) is 7.67. The summed E-state index contributed by atoms with van der Waals surface area (Å²) < 4.78 is 6.70. The Bertz CT molecular complexity index is 562. The fraction of sp³-hybridized carbons (Fsp3) is 0.250. The molecule has 0 saturated carbocycles. The van der Waals surface area contributed by atoms with Crippen molar-refractivity contribution in [1.29, 1.82) is 0 Å². The molecule has 2 N–H and O–H groups in total. The van der Waals surface area contributed by atoms with Gasteiger partial charge in [0.15, 0.2) is 0 Å². The zero-order chi connectivity index (χ0) is 14.4. The zero-order valence-corrected chi connectivity index (χ0v) is 13.4. The monoisotopic (exact) mass is 353 g/mol. The summed E-state index contributed by atoms with van der Waals surface area (Å²) in [6.45, 7) is 0.609. The van der Waals surface area contributed by atoms with Crippen LogP contribution in [0.25, 0.3) is 0 Å². The maximum Gasteiger partial charge on any atom is 0.120 e. The van der Waals surface area contributed by atoms with Gasteiger partial charge >= 0.3 is 0 Å². The van der Waals surface area contributed by atoms with Crippen LogP contribution in [0.3, 0.4) is 0 Å². The smallest absolute Gasteiger partial charge is 0.120 e. The first kappa shape index (κ1) is 15.4. The number of rotatable bonds is 6. The molecule has 0 aromatic heterocycles. The second-order valence-electron chi connectivity index (χ2n) is 4.69. The first-order valence-corrected chi connectivity index (χ1v) is 7.69. The molecule has 2 rings (SSSR count). The third-order valence-corrected chi connectivity index (χ3v) is 3.67. The molecule has 106 valence electrons. The Morgan fingerprint density at radius 2 is 1.95 bits per heavy atom. The summed E-state index contributed by atoms with van der Waals surface area (Å²) in [6, 6.07) is 15.7. The molecule has 0 heterocycles. The topological polar surface area (TPSA) is 35.2 Å². The highest BCUT2D eigenvalue weighted by atomic mass is 79.9. The van der Waals surface area contributed by atoms with Crippen LogP contribution in [0.1, 0.15) is 12.0 Å². The third kappa shape index (κ3) is 5.16. The Hall–Kier alpha value is -1.03. The minimum atomic E-state index is 0.0700. The highest BCUT2D eigenvalue weighted by molar-refractivity contribution is 9.10. The first-order valence-electron chi connectivity index (χ1n) is 6.52. The van der Waals surface area contributed by atoms with E-state index in [0.29, 0.717) is 6.61 Å². The van der Waals surface area contributed by atoms with Gasteiger partial charge in [-0.15, -0.1) is 0 Å². The van der Waals surface area contributed by atoms with E-state index >= 15 is 0 Å². The normalized spacial score (nSPS) is 12.2. The van der Waals surface area contributed by atoms with Gasteiger partial charge in [0.2, 0.25) is 0 Å². The molecule has 2 aromatic rings. The van der Waals surface area contributed by atoms with Crippen LogP contribution < -0.4 is 10.5 Å². The number of hydrogen-bond donors (Lipinski definition) is 1. The molecule has 0 radical (unpaired) electrons. The number of halogens is 2. The number of nitrogens with two attached hydrogens (primary N) is 1. The lowest BCUT2D eigenvalue weighted by atomic mass is 10.0. The van der Waals surface area contributed by atoms with E-state index in [4.69, 9.17) is 22.1 Å². The molecule has 0 spiro atoms. The molecule has 20 heavy (non-hydrogen) atoms. The van der Waals surface area contributed by atoms with Crippen molar-refractivity contribution in [3.05, 3.63) is 63.6 Å². The van der Waals surface area contributed by atoms with Gasteiger partial charge in [-0.25, -0.2) is 0 Å². The Morgan fingerprint density at radius 1 is 1.15 bits per heavy atom. The van der Waals surface area contributed by atoms with Crippen LogP contribution in [0.5, 0.6) is 5.75 Å². The molecule has 0 aliphatic rings. The van der Waals surface area contributed by atoms with E-state index in [-0.39, 0.29) is 6.04 Å². The summed E-state index contributed by atoms with van der Waals surface area (Å²) in [6.07, 6.45) is 1.61. The van der Waals surface area contributed by atoms with Crippen molar-refractivity contribution >= 4 is 27.5 Å². The van der Waals surface area contributed by atoms with E-state index in [1.165, 1.54) is 0 Å². The lowest BCUT2D eigenvalue weighted by Gasteiger charge is -2.13. The molecule has 1 atom stereocenters. The summed E-state index contributed by atoms with van der Waals surface area (Å²) in [4.78, 5) is 0. The molecule has 2 aromatic carbocycles. The van der Waals surface area contributed by atoms with Crippen molar-refractivity contribution < 1.29 is 4.74 Å². The van der Waals surface area contributed by atoms with Gasteiger partial charge in [0, 0.05) is 15.5 Å². The van der Waals surface area contributed by atoms with Gasteiger partial charge < -0.3 is 10.5 Å². The van der Waals surface area contributed by atoms with Gasteiger partial charge in [-0.05, 0) is 48.7 Å². The molecular formula is C16H17BrClNO. The Kier molecular flexibility index (Phi) is 5.89. The fourth-order valence-corrected chi connectivity index (χ4v) is 2.54. The maximum atomic E-state index is 6.12. The van der Waals surface area contributed by atoms with Gasteiger partial charge in [0.05, 0.1) is 6.61 Å². The second-order valence-corrected chi connectivity index (χ2v) is 6.04. The van der Waals surface area contributed by atoms with E-state index < -0.39 is 0 Å². The molecule has 2 nitrogen and oxygen atoms in total. The molecule has 0 bridgehead atoms. The van der Waals surface area contributed by atoms with Gasteiger partial charge in [-0.1, -0.05) is 45.7 Å². The lowest BCUT2D eigenvalue weighted by molar-refractivity contribution is 0.297. The van der Waals surface area contributed by atoms with Crippen LogP contribution in [0.15, 0.2) is 53.0 Å². The van der Waals surface area contributed by atoms with Gasteiger partial charge in [0.1, 0.15) is 5.75 Å². The molecule has 0 fully saturated rings. The highest BCUT2D eigenvalue weighted by Gasteiger charge is 2.05. The number of ether oxygens (including phenoxy) is 1. The number of benzene rings is 2. The van der Waals surface area contributed by atoms with E-state index in [9.17, 15) is 0 Å². The Labute approximate surface area is 133 Å². The fourth-order valence-electron chi connectivity index (χ4n) is 1.95. The highest BCUT2D eigenvalue weighted by Crippen LogP contribution is 2.18. The first-order chi connectivity index (χ1) is 9.63.